The van der Waals surface area contributed by atoms with Crippen LogP contribution in [-0.2, 0) is 0 Å². The number of aromatic amines is 1. The van der Waals surface area contributed by atoms with E-state index in [9.17, 15) is 0 Å². The summed E-state index contributed by atoms with van der Waals surface area (Å²) >= 11 is 7.37. The Kier molecular flexibility index (Phi) is 3.82. The Balaban J connectivity index is 1.94. The van der Waals surface area contributed by atoms with E-state index in [1.807, 2.05) is 18.2 Å². The molecule has 3 rings (SSSR count). The van der Waals surface area contributed by atoms with Gasteiger partial charge in [0.2, 0.25) is 5.95 Å². The van der Waals surface area contributed by atoms with Gasteiger partial charge in [-0.05, 0) is 23.9 Å². The fourth-order valence-corrected chi connectivity index (χ4v) is 2.70. The lowest BCUT2D eigenvalue weighted by Crippen LogP contribution is -2.10. The predicted molar refractivity (Wildman–Crippen MR) is 81.6 cm³/mol. The number of nitrogens with one attached hydrogen (secondary N) is 2. The Bertz CT molecular complexity index is 793. The molecule has 4 N–H and O–H groups in total. The molecule has 0 saturated heterocycles. The normalized spacial score (nSPS) is 10.8. The lowest BCUT2D eigenvalue weighted by molar-refractivity contribution is 0.415. The van der Waals surface area contributed by atoms with Gasteiger partial charge in [-0.25, -0.2) is 20.8 Å². The van der Waals surface area contributed by atoms with Crippen LogP contribution in [0.4, 0.5) is 5.95 Å². The molecule has 0 saturated carbocycles. The van der Waals surface area contributed by atoms with Gasteiger partial charge in [0.15, 0.2) is 5.16 Å². The number of halogens is 1. The van der Waals surface area contributed by atoms with Crippen molar-refractivity contribution in [3.63, 3.8) is 0 Å². The summed E-state index contributed by atoms with van der Waals surface area (Å²) in [6.07, 6.45) is 1.48. The molecule has 3 aromatic rings. The molecular weight excluding hydrogens is 312 g/mol. The van der Waals surface area contributed by atoms with Gasteiger partial charge in [0, 0.05) is 6.07 Å². The molecule has 0 bridgehead atoms. The lowest BCUT2D eigenvalue weighted by atomic mass is 10.3. The molecule has 1 aromatic carbocycles. The maximum atomic E-state index is 6.07. The highest BCUT2D eigenvalue weighted by molar-refractivity contribution is 7.99. The minimum atomic E-state index is 0.291. The smallest absolute Gasteiger partial charge is 0.238 e. The summed E-state index contributed by atoms with van der Waals surface area (Å²) in [5, 5.41) is 1.66. The second kappa shape index (κ2) is 5.76. The van der Waals surface area contributed by atoms with Crippen LogP contribution in [0.15, 0.2) is 34.6 Å². The zero-order valence-electron chi connectivity index (χ0n) is 10.9. The summed E-state index contributed by atoms with van der Waals surface area (Å²) in [6, 6.07) is 5.61. The van der Waals surface area contributed by atoms with Crippen LogP contribution < -0.4 is 16.0 Å². The van der Waals surface area contributed by atoms with Crippen molar-refractivity contribution in [2.75, 3.05) is 12.5 Å². The monoisotopic (exact) mass is 322 g/mol. The molecular formula is C12H11ClN6OS. The number of nitrogen functional groups attached to an aromatic ring is 1. The summed E-state index contributed by atoms with van der Waals surface area (Å²) < 4.78 is 5.18. The number of hydrogen-bond donors (Lipinski definition) is 3. The van der Waals surface area contributed by atoms with Crippen molar-refractivity contribution in [3.8, 4) is 5.75 Å². The number of rotatable bonds is 4. The van der Waals surface area contributed by atoms with E-state index < -0.39 is 0 Å². The molecule has 0 aliphatic heterocycles. The van der Waals surface area contributed by atoms with E-state index >= 15 is 0 Å². The number of methoxy groups -OCH3 is 1. The number of hydrazine groups is 1. The summed E-state index contributed by atoms with van der Waals surface area (Å²) in [6.45, 7) is 0. The van der Waals surface area contributed by atoms with Crippen LogP contribution in [-0.4, -0.2) is 27.0 Å². The number of hydrogen-bond acceptors (Lipinski definition) is 7. The van der Waals surface area contributed by atoms with E-state index in [4.69, 9.17) is 22.2 Å². The van der Waals surface area contributed by atoms with E-state index in [2.05, 4.69) is 25.4 Å². The van der Waals surface area contributed by atoms with Crippen molar-refractivity contribution in [2.24, 2.45) is 5.84 Å². The molecule has 2 aromatic heterocycles. The highest BCUT2D eigenvalue weighted by Crippen LogP contribution is 2.31. The Morgan fingerprint density at radius 3 is 3.00 bits per heavy atom. The maximum absolute atomic E-state index is 6.07. The molecule has 0 atom stereocenters. The van der Waals surface area contributed by atoms with E-state index in [1.165, 1.54) is 18.0 Å². The molecule has 21 heavy (non-hydrogen) atoms. The Morgan fingerprint density at radius 2 is 2.24 bits per heavy atom. The minimum Gasteiger partial charge on any atom is -0.497 e. The third kappa shape index (κ3) is 2.87. The molecule has 0 spiro atoms. The van der Waals surface area contributed by atoms with E-state index in [1.54, 1.807) is 7.11 Å². The minimum absolute atomic E-state index is 0.291. The number of nitrogens with two attached hydrogens (primary N) is 1. The fourth-order valence-electron chi connectivity index (χ4n) is 1.72. The molecule has 0 aliphatic rings. The first-order valence-electron chi connectivity index (χ1n) is 5.90. The van der Waals surface area contributed by atoms with Gasteiger partial charge in [0.25, 0.3) is 0 Å². The Hall–Kier alpha value is -2.03. The van der Waals surface area contributed by atoms with Gasteiger partial charge in [-0.1, -0.05) is 11.6 Å². The number of H-pyrrole nitrogens is 1. The van der Waals surface area contributed by atoms with Crippen molar-refractivity contribution in [1.29, 1.82) is 0 Å². The van der Waals surface area contributed by atoms with Gasteiger partial charge in [-0.2, -0.15) is 0 Å². The van der Waals surface area contributed by atoms with Gasteiger partial charge in [0.1, 0.15) is 10.8 Å². The largest absolute Gasteiger partial charge is 0.497 e. The number of nitrogens with zero attached hydrogens (tertiary/aromatic N) is 3. The molecule has 2 heterocycles. The van der Waals surface area contributed by atoms with Crippen LogP contribution >= 0.6 is 23.4 Å². The number of ether oxygens (including phenoxy) is 1. The van der Waals surface area contributed by atoms with Gasteiger partial charge < -0.3 is 9.72 Å². The van der Waals surface area contributed by atoms with Crippen molar-refractivity contribution in [3.05, 3.63) is 29.4 Å². The number of anilines is 1. The maximum Gasteiger partial charge on any atom is 0.238 e. The molecule has 0 fully saturated rings. The van der Waals surface area contributed by atoms with Crippen molar-refractivity contribution in [1.82, 2.24) is 19.9 Å². The summed E-state index contributed by atoms with van der Waals surface area (Å²) in [7, 11) is 1.62. The molecule has 7 nitrogen and oxygen atoms in total. The molecule has 0 amide bonds. The van der Waals surface area contributed by atoms with E-state index in [-0.39, 0.29) is 0 Å². The fraction of sp³-hybridized carbons (Fsp3) is 0.0833. The zero-order valence-corrected chi connectivity index (χ0v) is 12.5. The quantitative estimate of drug-likeness (QED) is 0.385. The van der Waals surface area contributed by atoms with Crippen LogP contribution in [0.2, 0.25) is 5.02 Å². The predicted octanol–water partition coefficient (Wildman–Crippen LogP) is 2.45. The lowest BCUT2D eigenvalue weighted by Gasteiger charge is -2.02. The summed E-state index contributed by atoms with van der Waals surface area (Å²) in [5.74, 6) is 6.34. The SMILES string of the molecule is COc1ccc2nc(Sc3nc(NN)ncc3Cl)[nH]c2c1. The van der Waals surface area contributed by atoms with Crippen molar-refractivity contribution < 1.29 is 4.74 Å². The molecule has 0 aliphatic carbocycles. The first kappa shape index (κ1) is 13.9. The van der Waals surface area contributed by atoms with Crippen molar-refractivity contribution >= 4 is 40.3 Å². The van der Waals surface area contributed by atoms with Gasteiger partial charge >= 0.3 is 0 Å². The number of imidazole rings is 1. The second-order valence-electron chi connectivity index (χ2n) is 4.02. The topological polar surface area (TPSA) is 102 Å². The van der Waals surface area contributed by atoms with Crippen LogP contribution in [0.3, 0.4) is 0 Å². The van der Waals surface area contributed by atoms with Gasteiger partial charge in [0.05, 0.1) is 29.4 Å². The van der Waals surface area contributed by atoms with Gasteiger partial charge in [-0.3, -0.25) is 5.43 Å². The zero-order chi connectivity index (χ0) is 14.8. The van der Waals surface area contributed by atoms with Crippen LogP contribution in [0, 0.1) is 0 Å². The van der Waals surface area contributed by atoms with Crippen LogP contribution in [0.5, 0.6) is 5.75 Å². The standard InChI is InChI=1S/C12H11ClN6OS/c1-20-6-2-3-8-9(4-6)17-12(16-8)21-10-7(13)5-15-11(18-10)19-14/h2-5H,14H2,1H3,(H,16,17)(H,15,18,19). The average Bonchev–Trinajstić information content (AvgIpc) is 2.90. The summed E-state index contributed by atoms with van der Waals surface area (Å²) in [5.41, 5.74) is 4.09. The number of benzene rings is 1. The highest BCUT2D eigenvalue weighted by Gasteiger charge is 2.11. The highest BCUT2D eigenvalue weighted by atomic mass is 35.5. The third-order valence-electron chi connectivity index (χ3n) is 2.70. The number of aromatic nitrogens is 4. The Labute approximate surface area is 129 Å². The van der Waals surface area contributed by atoms with Crippen LogP contribution in [0.1, 0.15) is 0 Å². The number of fused-ring (bicyclic) bond motifs is 1. The van der Waals surface area contributed by atoms with E-state index in [0.717, 1.165) is 16.8 Å². The third-order valence-corrected chi connectivity index (χ3v) is 3.98. The molecule has 9 heteroatoms. The molecule has 108 valence electrons. The van der Waals surface area contributed by atoms with Crippen LogP contribution in [0.25, 0.3) is 11.0 Å². The summed E-state index contributed by atoms with van der Waals surface area (Å²) in [4.78, 5) is 15.8. The van der Waals surface area contributed by atoms with E-state index in [0.29, 0.717) is 21.2 Å². The first-order chi connectivity index (χ1) is 10.2. The second-order valence-corrected chi connectivity index (χ2v) is 5.40. The van der Waals surface area contributed by atoms with Gasteiger partial charge in [-0.15, -0.1) is 0 Å². The van der Waals surface area contributed by atoms with Crippen molar-refractivity contribution in [2.45, 2.75) is 10.2 Å². The average molecular weight is 323 g/mol. The first-order valence-corrected chi connectivity index (χ1v) is 7.10. The molecule has 0 unspecified atom stereocenters. The Morgan fingerprint density at radius 1 is 1.38 bits per heavy atom. The molecule has 0 radical (unpaired) electrons.